The number of hydrogen-bond donors (Lipinski definition) is 1. The predicted octanol–water partition coefficient (Wildman–Crippen LogP) is 0.704. The summed E-state index contributed by atoms with van der Waals surface area (Å²) in [4.78, 5) is 35.7. The maximum atomic E-state index is 11.6. The van der Waals surface area contributed by atoms with Gasteiger partial charge in [0.15, 0.2) is 0 Å². The fraction of sp³-hybridized carbons (Fsp3) is 0.786. The molecule has 114 valence electrons. The van der Waals surface area contributed by atoms with Crippen LogP contribution in [0.5, 0.6) is 0 Å². The Hall–Kier alpha value is -1.43. The van der Waals surface area contributed by atoms with Crippen molar-refractivity contribution in [2.45, 2.75) is 39.5 Å². The normalized spacial score (nSPS) is 18.7. The molecule has 0 aliphatic carbocycles. The minimum absolute atomic E-state index is 0.0274. The third-order valence-corrected chi connectivity index (χ3v) is 3.25. The highest BCUT2D eigenvalue weighted by Crippen LogP contribution is 2.17. The van der Waals surface area contributed by atoms with Crippen LogP contribution in [0.3, 0.4) is 0 Å². The van der Waals surface area contributed by atoms with Crippen LogP contribution in [0, 0.1) is 5.92 Å². The molecule has 0 spiro atoms. The molecular weight excluding hydrogens is 260 g/mol. The minimum atomic E-state index is -0.216. The van der Waals surface area contributed by atoms with Gasteiger partial charge in [-0.1, -0.05) is 20.3 Å². The lowest BCUT2D eigenvalue weighted by molar-refractivity contribution is -0.140. The third-order valence-electron chi connectivity index (χ3n) is 3.25. The molecular formula is C14H24N2O4. The summed E-state index contributed by atoms with van der Waals surface area (Å²) in [6.45, 7) is 5.39. The Balaban J connectivity index is 2.06. The van der Waals surface area contributed by atoms with Gasteiger partial charge >= 0.3 is 0 Å². The number of nitrogens with one attached hydrogen (secondary N) is 1. The second kappa shape index (κ2) is 8.68. The molecule has 0 aromatic rings. The lowest BCUT2D eigenvalue weighted by Crippen LogP contribution is -2.33. The maximum Gasteiger partial charge on any atom is 0.232 e. The van der Waals surface area contributed by atoms with Crippen LogP contribution in [0.4, 0.5) is 0 Å². The van der Waals surface area contributed by atoms with Crippen molar-refractivity contribution < 1.29 is 19.1 Å². The highest BCUT2D eigenvalue weighted by atomic mass is 16.5. The molecule has 1 saturated heterocycles. The summed E-state index contributed by atoms with van der Waals surface area (Å²) in [6, 6.07) is 0. The predicted molar refractivity (Wildman–Crippen MR) is 73.9 cm³/mol. The zero-order valence-electron chi connectivity index (χ0n) is 12.3. The molecule has 0 aromatic heterocycles. The molecule has 1 heterocycles. The Bertz CT molecular complexity index is 357. The first-order chi connectivity index (χ1) is 9.56. The molecule has 6 nitrogen and oxygen atoms in total. The number of unbranched alkanes of at least 4 members (excludes halogenated alkanes) is 1. The van der Waals surface area contributed by atoms with E-state index in [0.717, 1.165) is 12.8 Å². The number of imide groups is 1. The van der Waals surface area contributed by atoms with Gasteiger partial charge in [0.05, 0.1) is 19.8 Å². The van der Waals surface area contributed by atoms with Crippen LogP contribution in [-0.2, 0) is 19.1 Å². The Morgan fingerprint density at radius 2 is 2.15 bits per heavy atom. The summed E-state index contributed by atoms with van der Waals surface area (Å²) < 4.78 is 5.30. The Morgan fingerprint density at radius 1 is 1.40 bits per heavy atom. The van der Waals surface area contributed by atoms with Gasteiger partial charge in [-0.3, -0.25) is 19.3 Å². The van der Waals surface area contributed by atoms with Crippen LogP contribution in [0.25, 0.3) is 0 Å². The van der Waals surface area contributed by atoms with E-state index in [1.807, 2.05) is 0 Å². The Morgan fingerprint density at radius 3 is 2.75 bits per heavy atom. The summed E-state index contributed by atoms with van der Waals surface area (Å²) in [5.41, 5.74) is 0. The van der Waals surface area contributed by atoms with E-state index in [1.54, 1.807) is 6.92 Å². The summed E-state index contributed by atoms with van der Waals surface area (Å²) in [5, 5.41) is 2.80. The molecule has 0 saturated carbocycles. The van der Waals surface area contributed by atoms with Crippen LogP contribution >= 0.6 is 0 Å². The van der Waals surface area contributed by atoms with E-state index in [2.05, 4.69) is 12.2 Å². The van der Waals surface area contributed by atoms with Gasteiger partial charge < -0.3 is 10.1 Å². The maximum absolute atomic E-state index is 11.6. The molecule has 6 heteroatoms. The Kier molecular flexibility index (Phi) is 7.22. The van der Waals surface area contributed by atoms with E-state index >= 15 is 0 Å². The topological polar surface area (TPSA) is 75.7 Å². The first-order valence-electron chi connectivity index (χ1n) is 7.25. The van der Waals surface area contributed by atoms with Gasteiger partial charge in [-0.25, -0.2) is 0 Å². The van der Waals surface area contributed by atoms with Crippen molar-refractivity contribution in [1.82, 2.24) is 10.2 Å². The van der Waals surface area contributed by atoms with Crippen molar-refractivity contribution in [3.8, 4) is 0 Å². The van der Waals surface area contributed by atoms with E-state index in [1.165, 1.54) is 4.90 Å². The van der Waals surface area contributed by atoms with Gasteiger partial charge in [-0.2, -0.15) is 0 Å². The number of likely N-dealkylation sites (tertiary alicyclic amines) is 1. The fourth-order valence-electron chi connectivity index (χ4n) is 2.00. The molecule has 1 fully saturated rings. The molecule has 0 radical (unpaired) electrons. The van der Waals surface area contributed by atoms with Crippen molar-refractivity contribution >= 4 is 17.7 Å². The molecule has 1 N–H and O–H groups in total. The first kappa shape index (κ1) is 16.6. The zero-order valence-corrected chi connectivity index (χ0v) is 12.3. The number of carbonyl (C=O) groups is 3. The number of hydrogen-bond acceptors (Lipinski definition) is 4. The number of nitrogens with zero attached hydrogens (tertiary/aromatic N) is 1. The van der Waals surface area contributed by atoms with Gasteiger partial charge in [0.25, 0.3) is 0 Å². The van der Waals surface area contributed by atoms with Gasteiger partial charge in [0, 0.05) is 25.3 Å². The molecule has 1 aliphatic rings. The van der Waals surface area contributed by atoms with Crippen LogP contribution in [0.15, 0.2) is 0 Å². The smallest absolute Gasteiger partial charge is 0.232 e. The van der Waals surface area contributed by atoms with Gasteiger partial charge in [0.1, 0.15) is 0 Å². The van der Waals surface area contributed by atoms with Crippen LogP contribution < -0.4 is 5.32 Å². The second-order valence-corrected chi connectivity index (χ2v) is 5.05. The summed E-state index contributed by atoms with van der Waals surface area (Å²) in [7, 11) is 0. The van der Waals surface area contributed by atoms with Gasteiger partial charge in [-0.15, -0.1) is 0 Å². The monoisotopic (exact) mass is 284 g/mol. The standard InChI is InChI=1S/C14H24N2O4/c1-3-4-6-15-12(17)5-8-20-9-7-16-13(18)10-11(2)14(16)19/h11H,3-10H2,1-2H3,(H,15,17). The second-order valence-electron chi connectivity index (χ2n) is 5.05. The zero-order chi connectivity index (χ0) is 15.0. The van der Waals surface area contributed by atoms with Crippen molar-refractivity contribution in [3.63, 3.8) is 0 Å². The van der Waals surface area contributed by atoms with Crippen molar-refractivity contribution in [2.24, 2.45) is 5.92 Å². The van der Waals surface area contributed by atoms with Gasteiger partial charge in [0.2, 0.25) is 17.7 Å². The highest BCUT2D eigenvalue weighted by Gasteiger charge is 2.34. The molecule has 0 bridgehead atoms. The number of ether oxygens (including phenoxy) is 1. The van der Waals surface area contributed by atoms with E-state index in [0.29, 0.717) is 26.0 Å². The van der Waals surface area contributed by atoms with Crippen molar-refractivity contribution in [1.29, 1.82) is 0 Å². The number of carbonyl (C=O) groups excluding carboxylic acids is 3. The first-order valence-corrected chi connectivity index (χ1v) is 7.25. The Labute approximate surface area is 119 Å². The van der Waals surface area contributed by atoms with Gasteiger partial charge in [-0.05, 0) is 6.42 Å². The van der Waals surface area contributed by atoms with Crippen LogP contribution in [0.1, 0.15) is 39.5 Å². The number of amides is 3. The largest absolute Gasteiger partial charge is 0.379 e. The molecule has 1 rings (SSSR count). The summed E-state index contributed by atoms with van der Waals surface area (Å²) in [5.74, 6) is -0.508. The van der Waals surface area contributed by atoms with Crippen molar-refractivity contribution in [3.05, 3.63) is 0 Å². The summed E-state index contributed by atoms with van der Waals surface area (Å²) >= 11 is 0. The SMILES string of the molecule is CCCCNC(=O)CCOCCN1C(=O)CC(C)C1=O. The molecule has 1 aliphatic heterocycles. The minimum Gasteiger partial charge on any atom is -0.379 e. The average Bonchev–Trinajstić information content (AvgIpc) is 2.64. The molecule has 1 atom stereocenters. The lowest BCUT2D eigenvalue weighted by Gasteiger charge is -2.14. The fourth-order valence-corrected chi connectivity index (χ4v) is 2.00. The van der Waals surface area contributed by atoms with E-state index in [-0.39, 0.29) is 36.8 Å². The quantitative estimate of drug-likeness (QED) is 0.499. The molecule has 20 heavy (non-hydrogen) atoms. The average molecular weight is 284 g/mol. The summed E-state index contributed by atoms with van der Waals surface area (Å²) in [6.07, 6.45) is 2.62. The van der Waals surface area contributed by atoms with E-state index in [9.17, 15) is 14.4 Å². The molecule has 1 unspecified atom stereocenters. The molecule has 0 aromatic carbocycles. The highest BCUT2D eigenvalue weighted by molar-refractivity contribution is 6.03. The van der Waals surface area contributed by atoms with Crippen LogP contribution in [-0.4, -0.2) is 48.9 Å². The third kappa shape index (κ3) is 5.28. The van der Waals surface area contributed by atoms with E-state index < -0.39 is 0 Å². The van der Waals surface area contributed by atoms with E-state index in [4.69, 9.17) is 4.74 Å². The lowest BCUT2D eigenvalue weighted by atomic mass is 10.1. The number of rotatable bonds is 9. The van der Waals surface area contributed by atoms with Crippen molar-refractivity contribution in [2.75, 3.05) is 26.3 Å². The molecule has 3 amide bonds. The van der Waals surface area contributed by atoms with Crippen LogP contribution in [0.2, 0.25) is 0 Å².